The number of benzene rings is 2. The van der Waals surface area contributed by atoms with E-state index in [1.165, 1.54) is 25.3 Å². The number of nitrogens with one attached hydrogen (secondary N) is 2. The summed E-state index contributed by atoms with van der Waals surface area (Å²) in [6, 6.07) is 11.1. The number of halogens is 3. The van der Waals surface area contributed by atoms with Crippen LogP contribution >= 0.6 is 0 Å². The Morgan fingerprint density at radius 1 is 1.05 bits per heavy atom. The van der Waals surface area contributed by atoms with Gasteiger partial charge in [-0.2, -0.15) is 18.2 Å². The second-order valence-corrected chi connectivity index (χ2v) is 10.7. The van der Waals surface area contributed by atoms with Crippen molar-refractivity contribution in [2.75, 3.05) is 48.8 Å². The molecule has 0 atom stereocenters. The molecule has 4 rings (SSSR count). The maximum atomic E-state index is 13.8. The molecule has 0 saturated carbocycles. The van der Waals surface area contributed by atoms with Crippen LogP contribution in [0.25, 0.3) is 0 Å². The van der Waals surface area contributed by atoms with Gasteiger partial charge >= 0.3 is 12.3 Å². The predicted molar refractivity (Wildman–Crippen MR) is 159 cm³/mol. The average molecular weight is 615 g/mol. The molecule has 1 saturated heterocycles. The molecule has 0 spiro atoms. The standard InChI is InChI=1S/C30H33F3N6O5/c1-6-25(40)35-19-8-7-9-21(16-19)43-26-22(30(31,32)33)18-34-27(37-26)36-23-11-10-20(17-24(23)42-5)38-12-14-39(15-13-38)28(41)44-29(2,3)4/h6-11,16-18H,1,12-15H2,2-5H3,(H,35,40)(H,34,36,37). The molecule has 44 heavy (non-hydrogen) atoms. The lowest BCUT2D eigenvalue weighted by molar-refractivity contribution is -0.139. The van der Waals surface area contributed by atoms with Crippen LogP contribution in [0.2, 0.25) is 0 Å². The largest absolute Gasteiger partial charge is 0.494 e. The highest BCUT2D eigenvalue weighted by atomic mass is 19.4. The Kier molecular flexibility index (Phi) is 9.50. The summed E-state index contributed by atoms with van der Waals surface area (Å²) in [5.41, 5.74) is -0.231. The second kappa shape index (κ2) is 13.1. The molecule has 3 aromatic rings. The number of piperazine rings is 1. The Hall–Kier alpha value is -5.01. The number of carbonyl (C=O) groups excluding carboxylic acids is 2. The molecular formula is C30H33F3N6O5. The summed E-state index contributed by atoms with van der Waals surface area (Å²) in [5.74, 6) is -0.985. The van der Waals surface area contributed by atoms with Gasteiger partial charge in [-0.25, -0.2) is 9.78 Å². The number of aromatic nitrogens is 2. The number of nitrogens with zero attached hydrogens (tertiary/aromatic N) is 4. The highest BCUT2D eigenvalue weighted by Crippen LogP contribution is 2.38. The van der Waals surface area contributed by atoms with Gasteiger partial charge in [-0.15, -0.1) is 0 Å². The van der Waals surface area contributed by atoms with Gasteiger partial charge in [0.2, 0.25) is 17.7 Å². The maximum Gasteiger partial charge on any atom is 0.423 e. The number of amides is 2. The van der Waals surface area contributed by atoms with Crippen LogP contribution < -0.4 is 25.0 Å². The van der Waals surface area contributed by atoms with Crippen LogP contribution in [-0.4, -0.2) is 65.8 Å². The van der Waals surface area contributed by atoms with E-state index in [4.69, 9.17) is 14.2 Å². The Balaban J connectivity index is 1.51. The number of anilines is 4. The minimum absolute atomic E-state index is 0.00992. The molecule has 0 aliphatic carbocycles. The van der Waals surface area contributed by atoms with Crippen LogP contribution in [0.1, 0.15) is 26.3 Å². The van der Waals surface area contributed by atoms with Gasteiger partial charge in [0, 0.05) is 55.9 Å². The predicted octanol–water partition coefficient (Wildman–Crippen LogP) is 6.22. The Bertz CT molecular complexity index is 1520. The van der Waals surface area contributed by atoms with E-state index in [-0.39, 0.29) is 17.8 Å². The van der Waals surface area contributed by atoms with Crippen molar-refractivity contribution in [2.45, 2.75) is 32.5 Å². The van der Waals surface area contributed by atoms with Crippen LogP contribution in [0.15, 0.2) is 61.3 Å². The number of ether oxygens (including phenoxy) is 3. The molecule has 0 bridgehead atoms. The first-order valence-corrected chi connectivity index (χ1v) is 13.6. The quantitative estimate of drug-likeness (QED) is 0.285. The van der Waals surface area contributed by atoms with E-state index in [0.29, 0.717) is 49.5 Å². The van der Waals surface area contributed by atoms with Crippen molar-refractivity contribution >= 4 is 35.0 Å². The lowest BCUT2D eigenvalue weighted by Crippen LogP contribution is -2.50. The molecule has 1 aliphatic rings. The summed E-state index contributed by atoms with van der Waals surface area (Å²) in [5, 5.41) is 5.41. The van der Waals surface area contributed by atoms with Gasteiger partial charge in [-0.1, -0.05) is 12.6 Å². The van der Waals surface area contributed by atoms with Crippen molar-refractivity contribution in [2.24, 2.45) is 0 Å². The minimum Gasteiger partial charge on any atom is -0.494 e. The molecule has 2 aromatic carbocycles. The third kappa shape index (κ3) is 8.30. The van der Waals surface area contributed by atoms with Crippen molar-refractivity contribution in [3.8, 4) is 17.4 Å². The number of rotatable bonds is 8. The van der Waals surface area contributed by atoms with Crippen LogP contribution in [0.3, 0.4) is 0 Å². The summed E-state index contributed by atoms with van der Waals surface area (Å²) >= 11 is 0. The van der Waals surface area contributed by atoms with E-state index in [1.807, 2.05) is 26.8 Å². The molecule has 2 amide bonds. The minimum atomic E-state index is -4.80. The van der Waals surface area contributed by atoms with Gasteiger partial charge in [-0.05, 0) is 51.1 Å². The van der Waals surface area contributed by atoms with Crippen molar-refractivity contribution in [3.05, 3.63) is 66.9 Å². The first kappa shape index (κ1) is 31.9. The van der Waals surface area contributed by atoms with Crippen LogP contribution in [0.5, 0.6) is 17.4 Å². The fraction of sp³-hybridized carbons (Fsp3) is 0.333. The normalized spacial score (nSPS) is 13.6. The number of carbonyl (C=O) groups is 2. The monoisotopic (exact) mass is 614 g/mol. The molecule has 234 valence electrons. The topological polar surface area (TPSA) is 118 Å². The molecule has 0 unspecified atom stereocenters. The summed E-state index contributed by atoms with van der Waals surface area (Å²) in [6.45, 7) is 10.9. The third-order valence-corrected chi connectivity index (χ3v) is 6.29. The summed E-state index contributed by atoms with van der Waals surface area (Å²) < 4.78 is 57.9. The molecule has 2 heterocycles. The van der Waals surface area contributed by atoms with Gasteiger partial charge in [0.05, 0.1) is 12.8 Å². The molecule has 0 radical (unpaired) electrons. The smallest absolute Gasteiger partial charge is 0.423 e. The highest BCUT2D eigenvalue weighted by Gasteiger charge is 2.36. The van der Waals surface area contributed by atoms with Crippen LogP contribution in [0, 0.1) is 0 Å². The Morgan fingerprint density at radius 2 is 1.77 bits per heavy atom. The molecule has 2 N–H and O–H groups in total. The Morgan fingerprint density at radius 3 is 2.41 bits per heavy atom. The number of alkyl halides is 3. The van der Waals surface area contributed by atoms with E-state index < -0.39 is 29.1 Å². The molecule has 1 aromatic heterocycles. The molecule has 14 heteroatoms. The van der Waals surface area contributed by atoms with E-state index in [9.17, 15) is 22.8 Å². The van der Waals surface area contributed by atoms with E-state index in [0.717, 1.165) is 11.8 Å². The number of hydrogen-bond acceptors (Lipinski definition) is 9. The SMILES string of the molecule is C=CC(=O)Nc1cccc(Oc2nc(Nc3ccc(N4CCN(C(=O)OC(C)(C)C)CC4)cc3OC)ncc2C(F)(F)F)c1. The van der Waals surface area contributed by atoms with Gasteiger partial charge in [-0.3, -0.25) is 4.79 Å². The van der Waals surface area contributed by atoms with E-state index in [2.05, 4.69) is 32.1 Å². The fourth-order valence-corrected chi connectivity index (χ4v) is 4.21. The lowest BCUT2D eigenvalue weighted by atomic mass is 10.2. The van der Waals surface area contributed by atoms with Crippen molar-refractivity contribution in [1.29, 1.82) is 0 Å². The fourth-order valence-electron chi connectivity index (χ4n) is 4.21. The average Bonchev–Trinajstić information content (AvgIpc) is 2.96. The summed E-state index contributed by atoms with van der Waals surface area (Å²) in [7, 11) is 1.46. The van der Waals surface area contributed by atoms with Crippen LogP contribution in [-0.2, 0) is 15.7 Å². The van der Waals surface area contributed by atoms with E-state index in [1.54, 1.807) is 23.1 Å². The lowest BCUT2D eigenvalue weighted by Gasteiger charge is -2.37. The van der Waals surface area contributed by atoms with E-state index >= 15 is 0 Å². The van der Waals surface area contributed by atoms with Crippen molar-refractivity contribution in [3.63, 3.8) is 0 Å². The maximum absolute atomic E-state index is 13.8. The second-order valence-electron chi connectivity index (χ2n) is 10.7. The highest BCUT2D eigenvalue weighted by molar-refractivity contribution is 5.98. The molecule has 11 nitrogen and oxygen atoms in total. The summed E-state index contributed by atoms with van der Waals surface area (Å²) in [4.78, 5) is 35.6. The molecular weight excluding hydrogens is 581 g/mol. The van der Waals surface area contributed by atoms with Crippen molar-refractivity contribution in [1.82, 2.24) is 14.9 Å². The zero-order chi connectivity index (χ0) is 32.1. The number of methoxy groups -OCH3 is 1. The third-order valence-electron chi connectivity index (χ3n) is 6.29. The Labute approximate surface area is 252 Å². The number of hydrogen-bond donors (Lipinski definition) is 2. The van der Waals surface area contributed by atoms with Gasteiger partial charge in [0.1, 0.15) is 22.7 Å². The van der Waals surface area contributed by atoms with Gasteiger partial charge < -0.3 is 34.6 Å². The first-order valence-electron chi connectivity index (χ1n) is 13.6. The zero-order valence-electron chi connectivity index (χ0n) is 24.7. The van der Waals surface area contributed by atoms with Gasteiger partial charge in [0.25, 0.3) is 0 Å². The molecule has 1 fully saturated rings. The zero-order valence-corrected chi connectivity index (χ0v) is 24.7. The van der Waals surface area contributed by atoms with Gasteiger partial charge in [0.15, 0.2) is 0 Å². The molecule has 1 aliphatic heterocycles. The summed E-state index contributed by atoms with van der Waals surface area (Å²) in [6.07, 6.45) is -3.47. The van der Waals surface area contributed by atoms with Crippen LogP contribution in [0.4, 0.5) is 41.0 Å². The first-order chi connectivity index (χ1) is 20.8. The van der Waals surface area contributed by atoms with Crippen molar-refractivity contribution < 1.29 is 37.0 Å².